The molecular formula is C14H19NO4. The summed E-state index contributed by atoms with van der Waals surface area (Å²) in [5.74, 6) is 0.229. The van der Waals surface area contributed by atoms with Crippen LogP contribution in [-0.4, -0.2) is 23.9 Å². The number of hydrogen-bond acceptors (Lipinski definition) is 4. The summed E-state index contributed by atoms with van der Waals surface area (Å²) >= 11 is 0. The zero-order chi connectivity index (χ0) is 14.3. The second-order valence-corrected chi connectivity index (χ2v) is 4.43. The second kappa shape index (κ2) is 7.63. The van der Waals surface area contributed by atoms with E-state index in [-0.39, 0.29) is 18.1 Å². The molecule has 1 aromatic carbocycles. The van der Waals surface area contributed by atoms with Gasteiger partial charge in [-0.2, -0.15) is 0 Å². The van der Waals surface area contributed by atoms with Crippen LogP contribution in [0.3, 0.4) is 0 Å². The van der Waals surface area contributed by atoms with Gasteiger partial charge in [-0.05, 0) is 5.92 Å². The molecule has 0 spiro atoms. The molecule has 104 valence electrons. The van der Waals surface area contributed by atoms with Crippen molar-refractivity contribution in [1.82, 2.24) is 0 Å². The van der Waals surface area contributed by atoms with Crippen LogP contribution in [0.15, 0.2) is 24.3 Å². The Balaban J connectivity index is 2.54. The first kappa shape index (κ1) is 15.3. The van der Waals surface area contributed by atoms with Gasteiger partial charge in [0.25, 0.3) is 5.69 Å². The highest BCUT2D eigenvalue weighted by Crippen LogP contribution is 2.14. The predicted molar refractivity (Wildman–Crippen MR) is 72.3 cm³/mol. The first-order valence-corrected chi connectivity index (χ1v) is 6.43. The van der Waals surface area contributed by atoms with Crippen molar-refractivity contribution in [1.29, 1.82) is 0 Å². The molecule has 1 aromatic rings. The van der Waals surface area contributed by atoms with E-state index in [4.69, 9.17) is 4.74 Å². The minimum Gasteiger partial charge on any atom is -0.373 e. The molecule has 0 atom stereocenters. The van der Waals surface area contributed by atoms with E-state index in [0.717, 1.165) is 12.8 Å². The molecule has 5 heteroatoms. The number of carbonyl (C=O) groups excluding carboxylic acids is 1. The van der Waals surface area contributed by atoms with Gasteiger partial charge in [-0.1, -0.05) is 38.8 Å². The Bertz CT molecular complexity index is 441. The molecule has 19 heavy (non-hydrogen) atoms. The van der Waals surface area contributed by atoms with Gasteiger partial charge in [0.05, 0.1) is 4.92 Å². The van der Waals surface area contributed by atoms with Gasteiger partial charge in [0, 0.05) is 24.3 Å². The Morgan fingerprint density at radius 2 is 2.05 bits per heavy atom. The lowest BCUT2D eigenvalue weighted by atomic mass is 10.1. The van der Waals surface area contributed by atoms with Gasteiger partial charge in [0.2, 0.25) is 0 Å². The number of carbonyl (C=O) groups is 1. The van der Waals surface area contributed by atoms with Crippen molar-refractivity contribution in [3.63, 3.8) is 0 Å². The summed E-state index contributed by atoms with van der Waals surface area (Å²) in [7, 11) is 0. The van der Waals surface area contributed by atoms with Crippen molar-refractivity contribution in [2.24, 2.45) is 5.92 Å². The summed E-state index contributed by atoms with van der Waals surface area (Å²) < 4.78 is 5.37. The lowest BCUT2D eigenvalue weighted by Gasteiger charge is -2.11. The average molecular weight is 265 g/mol. The first-order valence-electron chi connectivity index (χ1n) is 6.43. The van der Waals surface area contributed by atoms with Gasteiger partial charge in [0.15, 0.2) is 5.78 Å². The Kier molecular flexibility index (Phi) is 6.15. The van der Waals surface area contributed by atoms with Crippen molar-refractivity contribution in [3.8, 4) is 0 Å². The van der Waals surface area contributed by atoms with Crippen molar-refractivity contribution in [2.45, 2.75) is 26.7 Å². The molecule has 0 aliphatic carbocycles. The minimum atomic E-state index is -0.512. The number of ketones is 1. The third-order valence-corrected chi connectivity index (χ3v) is 3.12. The molecule has 0 fully saturated rings. The van der Waals surface area contributed by atoms with E-state index < -0.39 is 4.92 Å². The Hall–Kier alpha value is -1.75. The van der Waals surface area contributed by atoms with Crippen molar-refractivity contribution in [2.75, 3.05) is 13.2 Å². The van der Waals surface area contributed by atoms with Crippen LogP contribution in [0.4, 0.5) is 5.69 Å². The molecule has 0 heterocycles. The highest BCUT2D eigenvalue weighted by Gasteiger charge is 2.12. The minimum absolute atomic E-state index is 0.0301. The van der Waals surface area contributed by atoms with Crippen LogP contribution >= 0.6 is 0 Å². The lowest BCUT2D eigenvalue weighted by molar-refractivity contribution is -0.384. The van der Waals surface area contributed by atoms with Crippen molar-refractivity contribution < 1.29 is 14.5 Å². The maximum absolute atomic E-state index is 11.8. The van der Waals surface area contributed by atoms with Crippen molar-refractivity contribution >= 4 is 11.5 Å². The third-order valence-electron chi connectivity index (χ3n) is 3.12. The van der Waals surface area contributed by atoms with Gasteiger partial charge in [0.1, 0.15) is 6.61 Å². The van der Waals surface area contributed by atoms with Gasteiger partial charge in [-0.3, -0.25) is 14.9 Å². The van der Waals surface area contributed by atoms with E-state index in [9.17, 15) is 14.9 Å². The van der Waals surface area contributed by atoms with E-state index in [1.165, 1.54) is 18.2 Å². The molecule has 0 bridgehead atoms. The number of hydrogen-bond donors (Lipinski definition) is 0. The number of ether oxygens (including phenoxy) is 1. The fourth-order valence-electron chi connectivity index (χ4n) is 1.72. The zero-order valence-electron chi connectivity index (χ0n) is 11.3. The van der Waals surface area contributed by atoms with Gasteiger partial charge in [-0.15, -0.1) is 0 Å². The number of nitrogens with zero attached hydrogens (tertiary/aromatic N) is 1. The van der Waals surface area contributed by atoms with Gasteiger partial charge < -0.3 is 4.74 Å². The largest absolute Gasteiger partial charge is 0.373 e. The summed E-state index contributed by atoms with van der Waals surface area (Å²) in [4.78, 5) is 21.9. The fourth-order valence-corrected chi connectivity index (χ4v) is 1.72. The van der Waals surface area contributed by atoms with E-state index >= 15 is 0 Å². The van der Waals surface area contributed by atoms with Crippen LogP contribution in [-0.2, 0) is 4.74 Å². The molecule has 0 saturated carbocycles. The summed E-state index contributed by atoms with van der Waals surface area (Å²) in [6.07, 6.45) is 2.03. The van der Waals surface area contributed by atoms with E-state index in [1.54, 1.807) is 6.07 Å². The number of Topliss-reactive ketones (excluding diaryl/α,β-unsaturated/α-hetero) is 1. The summed E-state index contributed by atoms with van der Waals surface area (Å²) in [6, 6.07) is 5.72. The summed E-state index contributed by atoms with van der Waals surface area (Å²) in [6.45, 7) is 4.69. The van der Waals surface area contributed by atoms with E-state index in [0.29, 0.717) is 18.1 Å². The summed E-state index contributed by atoms with van der Waals surface area (Å²) in [5.41, 5.74) is 0.240. The maximum Gasteiger partial charge on any atom is 0.270 e. The van der Waals surface area contributed by atoms with Crippen LogP contribution in [0.1, 0.15) is 37.0 Å². The van der Waals surface area contributed by atoms with E-state index in [1.807, 2.05) is 0 Å². The molecule has 0 unspecified atom stereocenters. The highest BCUT2D eigenvalue weighted by molar-refractivity contribution is 5.97. The van der Waals surface area contributed by atoms with Crippen LogP contribution in [0, 0.1) is 16.0 Å². The first-order chi connectivity index (χ1) is 9.08. The standard InChI is InChI=1S/C14H19NO4/c1-3-11(4-2)9-19-10-14(16)12-6-5-7-13(8-12)15(17)18/h5-8,11H,3-4,9-10H2,1-2H3. The van der Waals surface area contributed by atoms with Crippen LogP contribution in [0.5, 0.6) is 0 Å². The molecule has 0 aliphatic rings. The molecule has 0 aromatic heterocycles. The average Bonchev–Trinajstić information content (AvgIpc) is 2.43. The molecule has 0 saturated heterocycles. The molecule has 0 N–H and O–H groups in total. The topological polar surface area (TPSA) is 69.4 Å². The Morgan fingerprint density at radius 3 is 2.63 bits per heavy atom. The number of benzene rings is 1. The maximum atomic E-state index is 11.8. The normalized spacial score (nSPS) is 10.7. The monoisotopic (exact) mass is 265 g/mol. The second-order valence-electron chi connectivity index (χ2n) is 4.43. The molecule has 0 radical (unpaired) electrons. The number of non-ortho nitro benzene ring substituents is 1. The third kappa shape index (κ3) is 4.79. The predicted octanol–water partition coefficient (Wildman–Crippen LogP) is 3.23. The van der Waals surface area contributed by atoms with Gasteiger partial charge >= 0.3 is 0 Å². The quantitative estimate of drug-likeness (QED) is 0.411. The SMILES string of the molecule is CCC(CC)COCC(=O)c1cccc([N+](=O)[O-])c1. The van der Waals surface area contributed by atoms with Crippen LogP contribution in [0.2, 0.25) is 0 Å². The molecule has 0 amide bonds. The number of rotatable bonds is 8. The van der Waals surface area contributed by atoms with Crippen LogP contribution < -0.4 is 0 Å². The Labute approximate surface area is 112 Å². The number of nitro groups is 1. The van der Waals surface area contributed by atoms with E-state index in [2.05, 4.69) is 13.8 Å². The zero-order valence-corrected chi connectivity index (χ0v) is 11.3. The van der Waals surface area contributed by atoms with Gasteiger partial charge in [-0.25, -0.2) is 0 Å². The fraction of sp³-hybridized carbons (Fsp3) is 0.500. The van der Waals surface area contributed by atoms with Crippen molar-refractivity contribution in [3.05, 3.63) is 39.9 Å². The lowest BCUT2D eigenvalue weighted by Crippen LogP contribution is -2.14. The molecule has 1 rings (SSSR count). The smallest absolute Gasteiger partial charge is 0.270 e. The Morgan fingerprint density at radius 1 is 1.37 bits per heavy atom. The summed E-state index contributed by atoms with van der Waals surface area (Å²) in [5, 5.41) is 10.6. The molecular weight excluding hydrogens is 246 g/mol. The number of nitro benzene ring substituents is 1. The molecule has 0 aliphatic heterocycles. The molecule has 5 nitrogen and oxygen atoms in total. The van der Waals surface area contributed by atoms with Crippen LogP contribution in [0.25, 0.3) is 0 Å². The highest BCUT2D eigenvalue weighted by atomic mass is 16.6.